The van der Waals surface area contributed by atoms with Gasteiger partial charge in [0, 0.05) is 29.5 Å². The van der Waals surface area contributed by atoms with Crippen LogP contribution in [0.25, 0.3) is 0 Å². The van der Waals surface area contributed by atoms with E-state index in [4.69, 9.17) is 9.47 Å². The lowest BCUT2D eigenvalue weighted by atomic mass is 9.98. The van der Waals surface area contributed by atoms with Gasteiger partial charge in [0.2, 0.25) is 5.91 Å². The summed E-state index contributed by atoms with van der Waals surface area (Å²) in [5.74, 6) is 0.787. The largest absolute Gasteiger partial charge is 0.493 e. The average Bonchev–Trinajstić information content (AvgIpc) is 2.83. The molecule has 0 atom stereocenters. The molecule has 0 saturated heterocycles. The predicted molar refractivity (Wildman–Crippen MR) is 128 cm³/mol. The van der Waals surface area contributed by atoms with Gasteiger partial charge in [-0.05, 0) is 66.1 Å². The molecule has 7 heteroatoms. The fourth-order valence-corrected chi connectivity index (χ4v) is 3.89. The molecule has 33 heavy (non-hydrogen) atoms. The van der Waals surface area contributed by atoms with Crippen molar-refractivity contribution in [2.45, 2.75) is 19.4 Å². The normalized spacial score (nSPS) is 12.4. The van der Waals surface area contributed by atoms with Gasteiger partial charge in [0.05, 0.1) is 20.6 Å². The summed E-state index contributed by atoms with van der Waals surface area (Å²) < 4.78 is 10.5. The van der Waals surface area contributed by atoms with Gasteiger partial charge >= 0.3 is 0 Å². The summed E-state index contributed by atoms with van der Waals surface area (Å²) in [7, 11) is 3.11. The molecular formula is C26H27N3O4. The zero-order valence-corrected chi connectivity index (χ0v) is 18.7. The molecule has 0 spiro atoms. The van der Waals surface area contributed by atoms with E-state index in [9.17, 15) is 9.59 Å². The van der Waals surface area contributed by atoms with Crippen LogP contribution in [-0.2, 0) is 24.2 Å². The molecule has 0 saturated carbocycles. The van der Waals surface area contributed by atoms with Crippen molar-refractivity contribution < 1.29 is 19.1 Å². The molecule has 4 rings (SSSR count). The summed E-state index contributed by atoms with van der Waals surface area (Å²) in [4.78, 5) is 25.3. The Hall–Kier alpha value is -3.84. The molecule has 1 aliphatic heterocycles. The second kappa shape index (κ2) is 10.2. The Morgan fingerprint density at radius 2 is 1.70 bits per heavy atom. The fraction of sp³-hybridized carbons (Fsp3) is 0.231. The van der Waals surface area contributed by atoms with E-state index in [-0.39, 0.29) is 18.2 Å². The van der Waals surface area contributed by atoms with E-state index in [0.29, 0.717) is 28.4 Å². The van der Waals surface area contributed by atoms with Crippen molar-refractivity contribution in [3.05, 3.63) is 82.9 Å². The van der Waals surface area contributed by atoms with Crippen molar-refractivity contribution in [3.63, 3.8) is 0 Å². The van der Waals surface area contributed by atoms with Crippen LogP contribution in [0.15, 0.2) is 60.7 Å². The van der Waals surface area contributed by atoms with Gasteiger partial charge in [-0.15, -0.1) is 0 Å². The van der Waals surface area contributed by atoms with Crippen LogP contribution < -0.4 is 25.4 Å². The number of nitrogens with one attached hydrogen (secondary N) is 3. The summed E-state index contributed by atoms with van der Waals surface area (Å²) in [6.45, 7) is 1.74. The lowest BCUT2D eigenvalue weighted by molar-refractivity contribution is -0.115. The quantitative estimate of drug-likeness (QED) is 0.515. The van der Waals surface area contributed by atoms with Gasteiger partial charge in [0.15, 0.2) is 11.5 Å². The van der Waals surface area contributed by atoms with Crippen molar-refractivity contribution in [2.24, 2.45) is 0 Å². The summed E-state index contributed by atoms with van der Waals surface area (Å²) in [5, 5.41) is 9.13. The van der Waals surface area contributed by atoms with E-state index < -0.39 is 0 Å². The monoisotopic (exact) mass is 445 g/mol. The maximum absolute atomic E-state index is 12.8. The van der Waals surface area contributed by atoms with Crippen LogP contribution in [0.4, 0.5) is 11.4 Å². The van der Waals surface area contributed by atoms with Crippen molar-refractivity contribution in [3.8, 4) is 11.5 Å². The molecule has 0 bridgehead atoms. The van der Waals surface area contributed by atoms with Gasteiger partial charge in [0.25, 0.3) is 5.91 Å². The van der Waals surface area contributed by atoms with Crippen LogP contribution in [0.3, 0.4) is 0 Å². The average molecular weight is 446 g/mol. The summed E-state index contributed by atoms with van der Waals surface area (Å²) in [6, 6.07) is 18.3. The van der Waals surface area contributed by atoms with Gasteiger partial charge in [-0.2, -0.15) is 0 Å². The lowest BCUT2D eigenvalue weighted by Gasteiger charge is -2.17. The minimum Gasteiger partial charge on any atom is -0.493 e. The number of anilines is 2. The Bertz CT molecular complexity index is 1180. The van der Waals surface area contributed by atoms with E-state index in [1.807, 2.05) is 42.5 Å². The molecule has 3 aromatic carbocycles. The first-order valence-corrected chi connectivity index (χ1v) is 10.8. The minimum absolute atomic E-state index is 0.169. The topological polar surface area (TPSA) is 88.7 Å². The SMILES string of the molecule is COc1ccc(NC(=O)Cc2cccc(NC(=O)c3ccc4c(c3)CNCC4)c2)cc1OC. The van der Waals surface area contributed by atoms with E-state index in [2.05, 4.69) is 16.0 Å². The Labute approximate surface area is 193 Å². The molecule has 1 heterocycles. The maximum Gasteiger partial charge on any atom is 0.255 e. The predicted octanol–water partition coefficient (Wildman–Crippen LogP) is 3.78. The molecule has 0 fully saturated rings. The van der Waals surface area contributed by atoms with Gasteiger partial charge < -0.3 is 25.4 Å². The Kier molecular flexibility index (Phi) is 6.90. The molecule has 0 unspecified atom stereocenters. The molecular weight excluding hydrogens is 418 g/mol. The van der Waals surface area contributed by atoms with Crippen molar-refractivity contribution in [2.75, 3.05) is 31.4 Å². The van der Waals surface area contributed by atoms with E-state index in [1.54, 1.807) is 32.4 Å². The highest BCUT2D eigenvalue weighted by atomic mass is 16.5. The number of hydrogen-bond acceptors (Lipinski definition) is 5. The Morgan fingerprint density at radius 1 is 0.879 bits per heavy atom. The Morgan fingerprint density at radius 3 is 2.52 bits per heavy atom. The number of rotatable bonds is 7. The summed E-state index contributed by atoms with van der Waals surface area (Å²) in [5.41, 5.74) is 5.12. The fourth-order valence-electron chi connectivity index (χ4n) is 3.89. The van der Waals surface area contributed by atoms with E-state index in [1.165, 1.54) is 5.56 Å². The lowest BCUT2D eigenvalue weighted by Crippen LogP contribution is -2.24. The molecule has 0 aromatic heterocycles. The highest BCUT2D eigenvalue weighted by Gasteiger charge is 2.13. The smallest absolute Gasteiger partial charge is 0.255 e. The number of fused-ring (bicyclic) bond motifs is 1. The first kappa shape index (κ1) is 22.4. The van der Waals surface area contributed by atoms with Gasteiger partial charge in [-0.25, -0.2) is 0 Å². The molecule has 0 radical (unpaired) electrons. The zero-order valence-electron chi connectivity index (χ0n) is 18.7. The molecule has 2 amide bonds. The molecule has 3 N–H and O–H groups in total. The third kappa shape index (κ3) is 5.51. The third-order valence-electron chi connectivity index (χ3n) is 5.57. The summed E-state index contributed by atoms with van der Waals surface area (Å²) in [6.07, 6.45) is 1.15. The van der Waals surface area contributed by atoms with Crippen molar-refractivity contribution in [1.82, 2.24) is 5.32 Å². The van der Waals surface area contributed by atoms with Crippen molar-refractivity contribution >= 4 is 23.2 Å². The molecule has 0 aliphatic carbocycles. The second-order valence-electron chi connectivity index (χ2n) is 7.86. The number of benzene rings is 3. The maximum atomic E-state index is 12.8. The number of amides is 2. The van der Waals surface area contributed by atoms with Crippen LogP contribution in [0.2, 0.25) is 0 Å². The highest BCUT2D eigenvalue weighted by Crippen LogP contribution is 2.29. The Balaban J connectivity index is 1.39. The van der Waals surface area contributed by atoms with Crippen LogP contribution in [0.1, 0.15) is 27.0 Å². The van der Waals surface area contributed by atoms with Crippen LogP contribution in [-0.4, -0.2) is 32.6 Å². The van der Waals surface area contributed by atoms with E-state index in [0.717, 1.165) is 30.6 Å². The van der Waals surface area contributed by atoms with Gasteiger partial charge in [0.1, 0.15) is 0 Å². The van der Waals surface area contributed by atoms with Gasteiger partial charge in [-0.1, -0.05) is 18.2 Å². The van der Waals surface area contributed by atoms with E-state index >= 15 is 0 Å². The van der Waals surface area contributed by atoms with Crippen molar-refractivity contribution in [1.29, 1.82) is 0 Å². The molecule has 7 nitrogen and oxygen atoms in total. The number of hydrogen-bond donors (Lipinski definition) is 3. The zero-order chi connectivity index (χ0) is 23.2. The highest BCUT2D eigenvalue weighted by molar-refractivity contribution is 6.04. The number of carbonyl (C=O) groups is 2. The molecule has 1 aliphatic rings. The molecule has 3 aromatic rings. The number of ether oxygens (including phenoxy) is 2. The second-order valence-corrected chi connectivity index (χ2v) is 7.86. The van der Waals surface area contributed by atoms with Crippen LogP contribution >= 0.6 is 0 Å². The first-order chi connectivity index (χ1) is 16.1. The number of carbonyl (C=O) groups excluding carboxylic acids is 2. The van der Waals surface area contributed by atoms with Crippen LogP contribution in [0, 0.1) is 0 Å². The standard InChI is InChI=1S/C26H27N3O4/c1-32-23-9-8-22(15-24(23)33-2)28-25(30)13-17-4-3-5-21(12-17)29-26(31)19-7-6-18-10-11-27-16-20(18)14-19/h3-9,12,14-15,27H,10-11,13,16H2,1-2H3,(H,28,30)(H,29,31). The van der Waals surface area contributed by atoms with Crippen LogP contribution in [0.5, 0.6) is 11.5 Å². The molecule has 170 valence electrons. The third-order valence-corrected chi connectivity index (χ3v) is 5.57. The first-order valence-electron chi connectivity index (χ1n) is 10.8. The van der Waals surface area contributed by atoms with Gasteiger partial charge in [-0.3, -0.25) is 9.59 Å². The number of methoxy groups -OCH3 is 2. The minimum atomic E-state index is -0.173. The summed E-state index contributed by atoms with van der Waals surface area (Å²) >= 11 is 0.